The van der Waals surface area contributed by atoms with Gasteiger partial charge in [-0.3, -0.25) is 4.79 Å². The highest BCUT2D eigenvalue weighted by molar-refractivity contribution is 5.76. The van der Waals surface area contributed by atoms with Crippen LogP contribution in [0, 0.1) is 23.5 Å². The zero-order valence-electron chi connectivity index (χ0n) is 9.91. The minimum absolute atomic E-state index is 0.0249. The van der Waals surface area contributed by atoms with Crippen molar-refractivity contribution >= 4 is 12.0 Å². The van der Waals surface area contributed by atoms with E-state index in [1.54, 1.807) is 11.9 Å². The van der Waals surface area contributed by atoms with Crippen LogP contribution < -0.4 is 4.90 Å². The molecule has 0 saturated heterocycles. The van der Waals surface area contributed by atoms with E-state index in [9.17, 15) is 13.6 Å². The molecule has 92 valence electrons. The molecule has 1 aliphatic carbocycles. The molecule has 1 aromatic rings. The third-order valence-corrected chi connectivity index (χ3v) is 3.34. The van der Waals surface area contributed by atoms with Gasteiger partial charge in [0.1, 0.15) is 23.6 Å². The number of rotatable bonds is 4. The van der Waals surface area contributed by atoms with Gasteiger partial charge < -0.3 is 4.90 Å². The molecule has 1 aliphatic rings. The summed E-state index contributed by atoms with van der Waals surface area (Å²) >= 11 is 0. The van der Waals surface area contributed by atoms with Crippen molar-refractivity contribution in [3.63, 3.8) is 0 Å². The maximum atomic E-state index is 13.7. The summed E-state index contributed by atoms with van der Waals surface area (Å²) in [6, 6.07) is 2.14. The first-order chi connectivity index (χ1) is 8.02. The zero-order chi connectivity index (χ0) is 12.6. The predicted molar refractivity (Wildman–Crippen MR) is 62.3 cm³/mol. The van der Waals surface area contributed by atoms with Crippen molar-refractivity contribution < 1.29 is 13.6 Å². The summed E-state index contributed by atoms with van der Waals surface area (Å²) in [5, 5.41) is 0. The van der Waals surface area contributed by atoms with Crippen LogP contribution in [0.5, 0.6) is 0 Å². The van der Waals surface area contributed by atoms with Gasteiger partial charge in [0.15, 0.2) is 0 Å². The lowest BCUT2D eigenvalue weighted by atomic mass is 10.2. The number of aldehydes is 1. The number of hydrogen-bond donors (Lipinski definition) is 0. The highest BCUT2D eigenvalue weighted by Gasteiger charge is 2.34. The van der Waals surface area contributed by atoms with Crippen LogP contribution in [0.1, 0.15) is 23.7 Å². The number of carbonyl (C=O) groups excluding carboxylic acids is 1. The van der Waals surface area contributed by atoms with Crippen LogP contribution in [0.3, 0.4) is 0 Å². The van der Waals surface area contributed by atoms with Gasteiger partial charge in [0.05, 0.1) is 0 Å². The SMILES string of the molecule is CC1CC1CN(C)c1c(F)cc(C=O)cc1F. The Kier molecular flexibility index (Phi) is 3.13. The van der Waals surface area contributed by atoms with Crippen LogP contribution in [-0.2, 0) is 0 Å². The van der Waals surface area contributed by atoms with Crippen molar-refractivity contribution in [2.45, 2.75) is 13.3 Å². The molecule has 2 rings (SSSR count). The number of carbonyl (C=O) groups is 1. The van der Waals surface area contributed by atoms with Gasteiger partial charge in [-0.25, -0.2) is 8.78 Å². The molecule has 0 spiro atoms. The molecule has 0 heterocycles. The van der Waals surface area contributed by atoms with Gasteiger partial charge in [-0.05, 0) is 30.4 Å². The van der Waals surface area contributed by atoms with E-state index in [4.69, 9.17) is 0 Å². The Morgan fingerprint density at radius 3 is 2.35 bits per heavy atom. The van der Waals surface area contributed by atoms with E-state index in [-0.39, 0.29) is 11.3 Å². The average molecular weight is 239 g/mol. The Labute approximate surface area is 99.2 Å². The Morgan fingerprint density at radius 2 is 1.94 bits per heavy atom. The van der Waals surface area contributed by atoms with E-state index < -0.39 is 11.6 Å². The van der Waals surface area contributed by atoms with Crippen molar-refractivity contribution in [2.24, 2.45) is 11.8 Å². The molecule has 4 heteroatoms. The summed E-state index contributed by atoms with van der Waals surface area (Å²) < 4.78 is 27.4. The lowest BCUT2D eigenvalue weighted by molar-refractivity contribution is 0.112. The second-order valence-electron chi connectivity index (χ2n) is 4.80. The van der Waals surface area contributed by atoms with Crippen LogP contribution in [-0.4, -0.2) is 19.9 Å². The fraction of sp³-hybridized carbons (Fsp3) is 0.462. The van der Waals surface area contributed by atoms with Gasteiger partial charge >= 0.3 is 0 Å². The van der Waals surface area contributed by atoms with Gasteiger partial charge in [0, 0.05) is 19.2 Å². The molecule has 2 unspecified atom stereocenters. The predicted octanol–water partition coefficient (Wildman–Crippen LogP) is 2.87. The summed E-state index contributed by atoms with van der Waals surface area (Å²) in [4.78, 5) is 12.1. The largest absolute Gasteiger partial charge is 0.370 e. The minimum atomic E-state index is -0.678. The average Bonchev–Trinajstić information content (AvgIpc) is 2.92. The molecule has 17 heavy (non-hydrogen) atoms. The number of halogens is 2. The summed E-state index contributed by atoms with van der Waals surface area (Å²) in [6.07, 6.45) is 1.55. The van der Waals surface area contributed by atoms with E-state index in [1.165, 1.54) is 0 Å². The molecule has 0 N–H and O–H groups in total. The summed E-state index contributed by atoms with van der Waals surface area (Å²) in [6.45, 7) is 2.77. The molecule has 2 nitrogen and oxygen atoms in total. The molecule has 0 aromatic heterocycles. The number of nitrogens with zero attached hydrogens (tertiary/aromatic N) is 1. The van der Waals surface area contributed by atoms with Crippen molar-refractivity contribution in [1.82, 2.24) is 0 Å². The van der Waals surface area contributed by atoms with E-state index >= 15 is 0 Å². The van der Waals surface area contributed by atoms with Crippen LogP contribution in [0.4, 0.5) is 14.5 Å². The van der Waals surface area contributed by atoms with Crippen LogP contribution in [0.2, 0.25) is 0 Å². The van der Waals surface area contributed by atoms with Crippen LogP contribution >= 0.6 is 0 Å². The standard InChI is InChI=1S/C13H15F2NO/c1-8-3-10(8)6-16(2)13-11(14)4-9(7-17)5-12(13)15/h4-5,7-8,10H,3,6H2,1-2H3. The number of anilines is 1. The smallest absolute Gasteiger partial charge is 0.150 e. The number of benzene rings is 1. The number of hydrogen-bond acceptors (Lipinski definition) is 2. The summed E-state index contributed by atoms with van der Waals surface area (Å²) in [7, 11) is 1.67. The highest BCUT2D eigenvalue weighted by atomic mass is 19.1. The zero-order valence-corrected chi connectivity index (χ0v) is 9.91. The molecular weight excluding hydrogens is 224 g/mol. The molecule has 0 aliphatic heterocycles. The molecule has 0 bridgehead atoms. The Morgan fingerprint density at radius 1 is 1.41 bits per heavy atom. The van der Waals surface area contributed by atoms with Gasteiger partial charge in [-0.2, -0.15) is 0 Å². The van der Waals surface area contributed by atoms with E-state index in [0.717, 1.165) is 18.6 Å². The van der Waals surface area contributed by atoms with Gasteiger partial charge in [0.25, 0.3) is 0 Å². The van der Waals surface area contributed by atoms with Crippen molar-refractivity contribution in [3.05, 3.63) is 29.3 Å². The highest BCUT2D eigenvalue weighted by Crippen LogP contribution is 2.39. The molecule has 2 atom stereocenters. The molecule has 1 saturated carbocycles. The van der Waals surface area contributed by atoms with E-state index in [0.29, 0.717) is 24.7 Å². The Bertz CT molecular complexity index is 424. The Balaban J connectivity index is 2.21. The molecule has 0 amide bonds. The van der Waals surface area contributed by atoms with Crippen LogP contribution in [0.25, 0.3) is 0 Å². The van der Waals surface area contributed by atoms with Crippen molar-refractivity contribution in [1.29, 1.82) is 0 Å². The van der Waals surface area contributed by atoms with Crippen molar-refractivity contribution in [3.8, 4) is 0 Å². The lowest BCUT2D eigenvalue weighted by Gasteiger charge is -2.20. The third kappa shape index (κ3) is 2.46. The fourth-order valence-corrected chi connectivity index (χ4v) is 2.11. The first-order valence-electron chi connectivity index (χ1n) is 5.68. The normalized spacial score (nSPS) is 22.4. The monoisotopic (exact) mass is 239 g/mol. The topological polar surface area (TPSA) is 20.3 Å². The lowest BCUT2D eigenvalue weighted by Crippen LogP contribution is -2.23. The first-order valence-corrected chi connectivity index (χ1v) is 5.68. The van der Waals surface area contributed by atoms with E-state index in [1.807, 2.05) is 0 Å². The minimum Gasteiger partial charge on any atom is -0.370 e. The summed E-state index contributed by atoms with van der Waals surface area (Å²) in [5.41, 5.74) is -0.0216. The Hall–Kier alpha value is -1.45. The second-order valence-corrected chi connectivity index (χ2v) is 4.80. The molecular formula is C13H15F2NO. The molecule has 1 fully saturated rings. The second kappa shape index (κ2) is 4.43. The molecule has 1 aromatic carbocycles. The maximum absolute atomic E-state index is 13.7. The van der Waals surface area contributed by atoms with Crippen LogP contribution in [0.15, 0.2) is 12.1 Å². The third-order valence-electron chi connectivity index (χ3n) is 3.34. The van der Waals surface area contributed by atoms with Crippen molar-refractivity contribution in [2.75, 3.05) is 18.5 Å². The first kappa shape index (κ1) is 12.0. The fourth-order valence-electron chi connectivity index (χ4n) is 2.11. The van der Waals surface area contributed by atoms with Gasteiger partial charge in [0.2, 0.25) is 0 Å². The van der Waals surface area contributed by atoms with Gasteiger partial charge in [-0.15, -0.1) is 0 Å². The maximum Gasteiger partial charge on any atom is 0.150 e. The van der Waals surface area contributed by atoms with E-state index in [2.05, 4.69) is 6.92 Å². The summed E-state index contributed by atoms with van der Waals surface area (Å²) in [5.74, 6) is -0.201. The molecule has 0 radical (unpaired) electrons. The van der Waals surface area contributed by atoms with Gasteiger partial charge in [-0.1, -0.05) is 6.92 Å². The quantitative estimate of drug-likeness (QED) is 0.753.